The molecule has 0 aromatic heterocycles. The van der Waals surface area contributed by atoms with E-state index < -0.39 is 18.3 Å². The van der Waals surface area contributed by atoms with Gasteiger partial charge in [-0.1, -0.05) is 23.7 Å². The minimum atomic E-state index is -0.441. The summed E-state index contributed by atoms with van der Waals surface area (Å²) in [5, 5.41) is 9.51. The van der Waals surface area contributed by atoms with Crippen LogP contribution in [0.5, 0.6) is 0 Å². The van der Waals surface area contributed by atoms with Gasteiger partial charge >= 0.3 is 7.12 Å². The van der Waals surface area contributed by atoms with Crippen molar-refractivity contribution < 1.29 is 9.31 Å². The first-order chi connectivity index (χ1) is 10.2. The molecule has 0 N–H and O–H groups in total. The highest BCUT2D eigenvalue weighted by molar-refractivity contribution is 7.80. The molecule has 0 aliphatic carbocycles. The quantitative estimate of drug-likeness (QED) is 0.666. The van der Waals surface area contributed by atoms with E-state index in [4.69, 9.17) is 26.2 Å². The smallest absolute Gasteiger partial charge is 0.400 e. The Morgan fingerprint density at radius 3 is 2.41 bits per heavy atom. The molecule has 3 nitrogen and oxygen atoms in total. The lowest BCUT2D eigenvalue weighted by atomic mass is 9.78. The van der Waals surface area contributed by atoms with Crippen LogP contribution in [0.15, 0.2) is 23.7 Å². The predicted octanol–water partition coefficient (Wildman–Crippen LogP) is 4.16. The van der Waals surface area contributed by atoms with Gasteiger partial charge in [0, 0.05) is 5.75 Å². The van der Waals surface area contributed by atoms with Crippen molar-refractivity contribution in [3.63, 3.8) is 0 Å². The molecule has 0 spiro atoms. The van der Waals surface area contributed by atoms with Crippen molar-refractivity contribution in [3.8, 4) is 6.07 Å². The van der Waals surface area contributed by atoms with E-state index in [0.29, 0.717) is 16.3 Å². The van der Waals surface area contributed by atoms with Crippen LogP contribution in [0.1, 0.15) is 38.8 Å². The zero-order valence-electron chi connectivity index (χ0n) is 13.2. The molecule has 1 heterocycles. The Morgan fingerprint density at radius 1 is 1.32 bits per heavy atom. The molecule has 1 aromatic rings. The van der Waals surface area contributed by atoms with Crippen LogP contribution < -0.4 is 0 Å². The molecule has 6 heteroatoms. The second-order valence-corrected chi connectivity index (χ2v) is 7.04. The van der Waals surface area contributed by atoms with E-state index >= 15 is 0 Å². The van der Waals surface area contributed by atoms with Gasteiger partial charge in [0.25, 0.3) is 0 Å². The molecule has 1 aliphatic rings. The number of hydrogen-bond donors (Lipinski definition) is 1. The summed E-state index contributed by atoms with van der Waals surface area (Å²) in [6.07, 6.45) is 1.94. The van der Waals surface area contributed by atoms with Gasteiger partial charge in [0.2, 0.25) is 0 Å². The minimum Gasteiger partial charge on any atom is -0.400 e. The number of thiol groups is 1. The lowest BCUT2D eigenvalue weighted by Crippen LogP contribution is -2.41. The lowest BCUT2D eigenvalue weighted by molar-refractivity contribution is 0.00578. The number of nitriles is 1. The predicted molar refractivity (Wildman–Crippen MR) is 94.1 cm³/mol. The molecule has 0 radical (unpaired) electrons. The Morgan fingerprint density at radius 2 is 1.91 bits per heavy atom. The van der Waals surface area contributed by atoms with Crippen molar-refractivity contribution in [2.75, 3.05) is 5.75 Å². The summed E-state index contributed by atoms with van der Waals surface area (Å²) in [5.41, 5.74) is 1.45. The van der Waals surface area contributed by atoms with Crippen molar-refractivity contribution in [1.29, 1.82) is 5.26 Å². The number of nitrogens with zero attached hydrogens (tertiary/aromatic N) is 1. The van der Waals surface area contributed by atoms with Crippen molar-refractivity contribution in [1.82, 2.24) is 0 Å². The zero-order valence-corrected chi connectivity index (χ0v) is 14.8. The molecule has 0 bridgehead atoms. The van der Waals surface area contributed by atoms with E-state index in [-0.39, 0.29) is 0 Å². The molecule has 1 aromatic carbocycles. The fraction of sp³-hybridized carbons (Fsp3) is 0.438. The monoisotopic (exact) mass is 335 g/mol. The summed E-state index contributed by atoms with van der Waals surface area (Å²) in [6, 6.07) is 7.40. The first-order valence-electron chi connectivity index (χ1n) is 7.07. The van der Waals surface area contributed by atoms with Gasteiger partial charge in [0.05, 0.1) is 21.8 Å². The Labute approximate surface area is 142 Å². The maximum absolute atomic E-state index is 9.06. The van der Waals surface area contributed by atoms with Crippen molar-refractivity contribution in [3.05, 3.63) is 39.8 Å². The second kappa shape index (κ2) is 6.29. The molecule has 1 fully saturated rings. The average Bonchev–Trinajstić information content (AvgIpc) is 2.66. The highest BCUT2D eigenvalue weighted by Crippen LogP contribution is 2.39. The topological polar surface area (TPSA) is 42.2 Å². The van der Waals surface area contributed by atoms with Crippen LogP contribution in [0.3, 0.4) is 0 Å². The van der Waals surface area contributed by atoms with Gasteiger partial charge in [0.1, 0.15) is 6.07 Å². The standard InChI is InChI=1S/C16H19BClNO2S/c1-15(2)16(3,4)21-17(20-15)13(10-22)8-11-5-6-14(18)12(7-11)9-19/h5-8,22H,10H2,1-4H3. The Kier molecular flexibility index (Phi) is 4.98. The highest BCUT2D eigenvalue weighted by Gasteiger charge is 2.52. The van der Waals surface area contributed by atoms with Gasteiger partial charge in [-0.2, -0.15) is 17.9 Å². The van der Waals surface area contributed by atoms with Crippen LogP contribution in [0.4, 0.5) is 0 Å². The average molecular weight is 336 g/mol. The van der Waals surface area contributed by atoms with Crippen LogP contribution in [0.2, 0.25) is 5.02 Å². The molecule has 2 rings (SSSR count). The Bertz CT molecular complexity index is 636. The molecular formula is C16H19BClNO2S. The number of halogens is 1. The SMILES string of the molecule is CC1(C)OB(C(=Cc2ccc(Cl)c(C#N)c2)CS)OC1(C)C. The van der Waals surface area contributed by atoms with Crippen LogP contribution in [0, 0.1) is 11.3 Å². The molecule has 0 saturated carbocycles. The maximum atomic E-state index is 9.06. The first-order valence-corrected chi connectivity index (χ1v) is 8.08. The Hall–Kier alpha value is -0.925. The largest absolute Gasteiger partial charge is 0.491 e. The van der Waals surface area contributed by atoms with Crippen molar-refractivity contribution in [2.45, 2.75) is 38.9 Å². The van der Waals surface area contributed by atoms with E-state index in [0.717, 1.165) is 11.0 Å². The summed E-state index contributed by atoms with van der Waals surface area (Å²) < 4.78 is 12.1. The van der Waals surface area contributed by atoms with Crippen molar-refractivity contribution >= 4 is 37.4 Å². The van der Waals surface area contributed by atoms with Gasteiger partial charge < -0.3 is 9.31 Å². The third-order valence-electron chi connectivity index (χ3n) is 4.20. The fourth-order valence-electron chi connectivity index (χ4n) is 2.12. The maximum Gasteiger partial charge on any atom is 0.491 e. The van der Waals surface area contributed by atoms with Crippen LogP contribution in [-0.4, -0.2) is 24.1 Å². The van der Waals surface area contributed by atoms with E-state index in [2.05, 4.69) is 18.7 Å². The van der Waals surface area contributed by atoms with Crippen LogP contribution in [0.25, 0.3) is 6.08 Å². The lowest BCUT2D eigenvalue weighted by Gasteiger charge is -2.32. The van der Waals surface area contributed by atoms with Crippen LogP contribution >= 0.6 is 24.2 Å². The van der Waals surface area contributed by atoms with Gasteiger partial charge in [0.15, 0.2) is 0 Å². The molecule has 116 valence electrons. The van der Waals surface area contributed by atoms with Crippen LogP contribution in [-0.2, 0) is 9.31 Å². The Balaban J connectivity index is 2.32. The van der Waals surface area contributed by atoms with Crippen molar-refractivity contribution in [2.24, 2.45) is 0 Å². The fourth-order valence-corrected chi connectivity index (χ4v) is 2.52. The summed E-state index contributed by atoms with van der Waals surface area (Å²) in [7, 11) is -0.441. The second-order valence-electron chi connectivity index (χ2n) is 6.32. The summed E-state index contributed by atoms with van der Waals surface area (Å²) in [6.45, 7) is 8.05. The zero-order chi connectivity index (χ0) is 16.5. The van der Waals surface area contributed by atoms with E-state index in [9.17, 15) is 0 Å². The summed E-state index contributed by atoms with van der Waals surface area (Å²) >= 11 is 10.3. The molecule has 0 atom stereocenters. The summed E-state index contributed by atoms with van der Waals surface area (Å²) in [5.74, 6) is 0.501. The molecular weight excluding hydrogens is 317 g/mol. The van der Waals surface area contributed by atoms with E-state index in [1.165, 1.54) is 0 Å². The molecule has 0 amide bonds. The highest BCUT2D eigenvalue weighted by atomic mass is 35.5. The normalized spacial score (nSPS) is 20.0. The van der Waals surface area contributed by atoms with Gasteiger partial charge in [-0.25, -0.2) is 0 Å². The minimum absolute atomic E-state index is 0.391. The van der Waals surface area contributed by atoms with E-state index in [1.807, 2.05) is 39.8 Å². The molecule has 0 unspecified atom stereocenters. The van der Waals surface area contributed by atoms with Gasteiger partial charge in [-0.15, -0.1) is 0 Å². The number of benzene rings is 1. The number of hydrogen-bond acceptors (Lipinski definition) is 4. The van der Waals surface area contributed by atoms with Gasteiger partial charge in [-0.3, -0.25) is 0 Å². The van der Waals surface area contributed by atoms with Gasteiger partial charge in [-0.05, 0) is 50.9 Å². The third kappa shape index (κ3) is 3.36. The first kappa shape index (κ1) is 17.4. The molecule has 22 heavy (non-hydrogen) atoms. The number of rotatable bonds is 3. The molecule has 1 saturated heterocycles. The third-order valence-corrected chi connectivity index (χ3v) is 4.90. The van der Waals surface area contributed by atoms with E-state index in [1.54, 1.807) is 12.1 Å². The molecule has 1 aliphatic heterocycles. The summed E-state index contributed by atoms with van der Waals surface area (Å²) in [4.78, 5) is 0.